The Balaban J connectivity index is 0.773. The second kappa shape index (κ2) is 15.2. The van der Waals surface area contributed by atoms with Gasteiger partial charge in [-0.2, -0.15) is 0 Å². The van der Waals surface area contributed by atoms with Gasteiger partial charge in [-0.05, 0) is 80.8 Å². The average molecular weight is 750 g/mol. The fraction of sp³-hybridized carbons (Fsp3) is 0.308. The van der Waals surface area contributed by atoms with E-state index in [0.717, 1.165) is 68.8 Å². The van der Waals surface area contributed by atoms with Crippen LogP contribution in [0, 0.1) is 11.6 Å². The number of nitrogens with zero attached hydrogens (tertiary/aromatic N) is 7. The first kappa shape index (κ1) is 35.7. The van der Waals surface area contributed by atoms with Gasteiger partial charge in [-0.3, -0.25) is 34.3 Å². The summed E-state index contributed by atoms with van der Waals surface area (Å²) in [5.41, 5.74) is 2.64. The summed E-state index contributed by atoms with van der Waals surface area (Å²) >= 11 is 0. The first-order chi connectivity index (χ1) is 26.7. The highest BCUT2D eigenvalue weighted by Crippen LogP contribution is 2.34. The summed E-state index contributed by atoms with van der Waals surface area (Å²) < 4.78 is 35.3. The molecule has 2 aromatic carbocycles. The smallest absolute Gasteiger partial charge is 0.266 e. The molecule has 282 valence electrons. The van der Waals surface area contributed by atoms with Gasteiger partial charge in [0.2, 0.25) is 17.8 Å². The Morgan fingerprint density at radius 2 is 1.67 bits per heavy atom. The lowest BCUT2D eigenvalue weighted by Gasteiger charge is -2.35. The van der Waals surface area contributed by atoms with Gasteiger partial charge in [0.05, 0.1) is 47.0 Å². The van der Waals surface area contributed by atoms with Crippen molar-refractivity contribution >= 4 is 46.6 Å². The molecule has 3 aromatic heterocycles. The van der Waals surface area contributed by atoms with Crippen molar-refractivity contribution in [2.24, 2.45) is 0 Å². The van der Waals surface area contributed by atoms with Gasteiger partial charge < -0.3 is 15.0 Å². The van der Waals surface area contributed by atoms with Crippen molar-refractivity contribution < 1.29 is 32.7 Å². The van der Waals surface area contributed by atoms with Gasteiger partial charge >= 0.3 is 0 Å². The lowest BCUT2D eigenvalue weighted by atomic mass is 10.0. The van der Waals surface area contributed by atoms with Crippen molar-refractivity contribution in [1.29, 1.82) is 0 Å². The molecule has 14 nitrogen and oxygen atoms in total. The van der Waals surface area contributed by atoms with Gasteiger partial charge in [0.15, 0.2) is 0 Å². The Morgan fingerprint density at radius 1 is 0.855 bits per heavy atom. The molecule has 6 heterocycles. The normalized spacial score (nSPS) is 17.5. The maximum absolute atomic E-state index is 13.9. The molecule has 0 spiro atoms. The van der Waals surface area contributed by atoms with Crippen LogP contribution in [0.2, 0.25) is 0 Å². The van der Waals surface area contributed by atoms with Crippen LogP contribution in [0.4, 0.5) is 26.2 Å². The van der Waals surface area contributed by atoms with E-state index >= 15 is 0 Å². The first-order valence-corrected chi connectivity index (χ1v) is 18.2. The second-order valence-corrected chi connectivity index (χ2v) is 13.7. The van der Waals surface area contributed by atoms with E-state index in [1.807, 2.05) is 12.1 Å². The Hall–Kier alpha value is -6.29. The van der Waals surface area contributed by atoms with Gasteiger partial charge in [0.25, 0.3) is 11.8 Å². The van der Waals surface area contributed by atoms with E-state index in [1.54, 1.807) is 47.2 Å². The quantitative estimate of drug-likeness (QED) is 0.136. The van der Waals surface area contributed by atoms with Crippen LogP contribution in [-0.4, -0.2) is 98.4 Å². The number of unbranched alkanes of at least 4 members (excludes halogenated alkanes) is 2. The third kappa shape index (κ3) is 7.45. The highest BCUT2D eigenvalue weighted by Gasteiger charge is 2.46. The van der Waals surface area contributed by atoms with Crippen LogP contribution in [0.5, 0.6) is 5.75 Å². The topological polar surface area (TPSA) is 154 Å². The van der Waals surface area contributed by atoms with E-state index in [9.17, 15) is 28.0 Å². The average Bonchev–Trinajstić information content (AvgIpc) is 3.71. The molecule has 0 radical (unpaired) electrons. The molecule has 2 fully saturated rings. The number of carbonyl (C=O) groups is 4. The third-order valence-corrected chi connectivity index (χ3v) is 10.1. The Bertz CT molecular complexity index is 2270. The summed E-state index contributed by atoms with van der Waals surface area (Å²) in [5, 5.41) is 9.91. The van der Waals surface area contributed by atoms with Gasteiger partial charge in [-0.25, -0.2) is 23.3 Å². The number of nitrogens with one attached hydrogen (secondary N) is 2. The predicted octanol–water partition coefficient (Wildman–Crippen LogP) is 4.59. The summed E-state index contributed by atoms with van der Waals surface area (Å²) in [6.45, 7) is 4.79. The monoisotopic (exact) mass is 749 g/mol. The van der Waals surface area contributed by atoms with Crippen LogP contribution in [0.25, 0.3) is 16.8 Å². The molecule has 16 heteroatoms. The number of amides is 4. The number of hydrogen-bond acceptors (Lipinski definition) is 11. The van der Waals surface area contributed by atoms with Crippen LogP contribution in [-0.2, 0) is 9.59 Å². The SMILES string of the molecule is O=C1CCC(N2C(=O)c3cccc(OCCCCCN4CCN(c5ccc(Nc6ncc7ccc(-c8cc(F)cc(F)c8)n7n6)cn5)CC4)c3C2=O)C(=O)N1. The zero-order chi connectivity index (χ0) is 38.1. The summed E-state index contributed by atoms with van der Waals surface area (Å²) in [5.74, 6) is -2.02. The predicted molar refractivity (Wildman–Crippen MR) is 197 cm³/mol. The zero-order valence-corrected chi connectivity index (χ0v) is 29.7. The Labute approximate surface area is 314 Å². The summed E-state index contributed by atoms with van der Waals surface area (Å²) in [7, 11) is 0. The molecular formula is C39H37F2N9O5. The number of piperazine rings is 1. The molecule has 0 aliphatic carbocycles. The van der Waals surface area contributed by atoms with Crippen molar-refractivity contribution in [3.63, 3.8) is 0 Å². The maximum Gasteiger partial charge on any atom is 0.266 e. The number of carbonyl (C=O) groups excluding carboxylic acids is 4. The molecule has 1 atom stereocenters. The van der Waals surface area contributed by atoms with Gasteiger partial charge in [-0.15, -0.1) is 5.10 Å². The van der Waals surface area contributed by atoms with Gasteiger partial charge in [-0.1, -0.05) is 6.07 Å². The molecule has 55 heavy (non-hydrogen) atoms. The molecule has 2 saturated heterocycles. The number of imide groups is 2. The molecule has 1 unspecified atom stereocenters. The number of benzene rings is 2. The number of hydrogen-bond donors (Lipinski definition) is 2. The molecule has 8 rings (SSSR count). The minimum Gasteiger partial charge on any atom is -0.493 e. The van der Waals surface area contributed by atoms with E-state index in [4.69, 9.17) is 4.74 Å². The lowest BCUT2D eigenvalue weighted by molar-refractivity contribution is -0.136. The molecule has 3 aliphatic heterocycles. The number of piperidine rings is 1. The van der Waals surface area contributed by atoms with Crippen LogP contribution in [0.15, 0.2) is 73.1 Å². The van der Waals surface area contributed by atoms with Crippen LogP contribution in [0.1, 0.15) is 52.8 Å². The van der Waals surface area contributed by atoms with E-state index in [2.05, 4.69) is 35.5 Å². The lowest BCUT2D eigenvalue weighted by Crippen LogP contribution is -2.54. The number of ether oxygens (including phenoxy) is 1. The Morgan fingerprint density at radius 3 is 2.44 bits per heavy atom. The van der Waals surface area contributed by atoms with E-state index in [0.29, 0.717) is 40.8 Å². The van der Waals surface area contributed by atoms with E-state index in [1.165, 1.54) is 12.1 Å². The number of fused-ring (bicyclic) bond motifs is 2. The minimum atomic E-state index is -1.02. The fourth-order valence-corrected chi connectivity index (χ4v) is 7.26. The van der Waals surface area contributed by atoms with Crippen molar-refractivity contribution in [3.8, 4) is 17.0 Å². The van der Waals surface area contributed by atoms with Gasteiger partial charge in [0, 0.05) is 44.2 Å². The van der Waals surface area contributed by atoms with Crippen molar-refractivity contribution in [2.75, 3.05) is 49.5 Å². The zero-order valence-electron chi connectivity index (χ0n) is 29.7. The molecule has 3 aliphatic rings. The number of halogens is 2. The molecule has 2 N–H and O–H groups in total. The third-order valence-electron chi connectivity index (χ3n) is 10.1. The fourth-order valence-electron chi connectivity index (χ4n) is 7.26. The van der Waals surface area contributed by atoms with Gasteiger partial charge in [0.1, 0.15) is 29.2 Å². The summed E-state index contributed by atoms with van der Waals surface area (Å²) in [6.07, 6.45) is 6.19. The molecule has 4 amide bonds. The highest BCUT2D eigenvalue weighted by atomic mass is 19.1. The summed E-state index contributed by atoms with van der Waals surface area (Å²) in [4.78, 5) is 64.9. The first-order valence-electron chi connectivity index (χ1n) is 18.2. The maximum atomic E-state index is 13.9. The van der Waals surface area contributed by atoms with Crippen molar-refractivity contribution in [1.82, 2.24) is 34.7 Å². The largest absolute Gasteiger partial charge is 0.493 e. The number of rotatable bonds is 12. The minimum absolute atomic E-state index is 0.0632. The van der Waals surface area contributed by atoms with Crippen LogP contribution < -0.4 is 20.3 Å². The second-order valence-electron chi connectivity index (χ2n) is 13.7. The van der Waals surface area contributed by atoms with Crippen LogP contribution >= 0.6 is 0 Å². The van der Waals surface area contributed by atoms with E-state index < -0.39 is 41.3 Å². The number of aromatic nitrogens is 4. The molecule has 0 saturated carbocycles. The molecule has 0 bridgehead atoms. The van der Waals surface area contributed by atoms with Crippen molar-refractivity contribution in [3.05, 3.63) is 95.8 Å². The number of anilines is 3. The standard InChI is InChI=1S/C39H37F2N9O5/c40-25-19-24(20-26(41)21-25)30-9-8-28-23-43-39(46-50(28)30)44-27-7-11-33(42-22-27)48-16-14-47(15-17-48)13-2-1-3-18-55-32-6-4-5-29-35(32)38(54)49(37(29)53)31-10-12-34(51)45-36(31)52/h4-9,11,19-23,31H,1-3,10,12-18H2,(H,44,46)(H,45,51,52). The highest BCUT2D eigenvalue weighted by molar-refractivity contribution is 6.24. The number of pyridine rings is 1. The molecule has 5 aromatic rings. The Kier molecular flexibility index (Phi) is 9.88. The molecular weight excluding hydrogens is 712 g/mol. The summed E-state index contributed by atoms with van der Waals surface area (Å²) in [6, 6.07) is 14.6. The van der Waals surface area contributed by atoms with E-state index in [-0.39, 0.29) is 24.0 Å². The van der Waals surface area contributed by atoms with Crippen molar-refractivity contribution in [2.45, 2.75) is 38.1 Å². The van der Waals surface area contributed by atoms with Crippen LogP contribution in [0.3, 0.4) is 0 Å².